The van der Waals surface area contributed by atoms with Crippen LogP contribution in [-0.2, 0) is 14.3 Å². The Kier molecular flexibility index (Phi) is 3.80. The second-order valence-electron chi connectivity index (χ2n) is 3.80. The lowest BCUT2D eigenvalue weighted by atomic mass is 9.76. The van der Waals surface area contributed by atoms with Crippen LogP contribution in [-0.4, -0.2) is 43.7 Å². The first-order valence-corrected chi connectivity index (χ1v) is 4.73. The third-order valence-electron chi connectivity index (χ3n) is 2.64. The van der Waals surface area contributed by atoms with Crippen molar-refractivity contribution < 1.29 is 32.5 Å². The zero-order chi connectivity index (χ0) is 12.4. The summed E-state index contributed by atoms with van der Waals surface area (Å²) in [6.45, 7) is -0.335. The molecule has 4 nitrogen and oxygen atoms in total. The summed E-state index contributed by atoms with van der Waals surface area (Å²) in [4.78, 5) is 11.4. The van der Waals surface area contributed by atoms with E-state index in [1.165, 1.54) is 0 Å². The molecule has 0 saturated carbocycles. The van der Waals surface area contributed by atoms with Gasteiger partial charge in [-0.3, -0.25) is 4.79 Å². The number of carbonyl (C=O) groups excluding carboxylic acids is 1. The number of aliphatic hydroxyl groups excluding tert-OH is 1. The average molecular weight is 242 g/mol. The highest BCUT2D eigenvalue weighted by atomic mass is 19.4. The summed E-state index contributed by atoms with van der Waals surface area (Å²) >= 11 is 0. The highest BCUT2D eigenvalue weighted by molar-refractivity contribution is 5.78. The molecule has 1 aliphatic heterocycles. The molecule has 2 unspecified atom stereocenters. The number of rotatable bonds is 2. The van der Waals surface area contributed by atoms with E-state index in [2.05, 4.69) is 4.74 Å². The van der Waals surface area contributed by atoms with Gasteiger partial charge in [0, 0.05) is 6.61 Å². The van der Waals surface area contributed by atoms with Crippen LogP contribution in [0, 0.1) is 5.41 Å². The molecule has 0 bridgehead atoms. The lowest BCUT2D eigenvalue weighted by Gasteiger charge is -2.38. The van der Waals surface area contributed by atoms with E-state index in [4.69, 9.17) is 4.74 Å². The van der Waals surface area contributed by atoms with Crippen molar-refractivity contribution in [2.75, 3.05) is 20.3 Å². The summed E-state index contributed by atoms with van der Waals surface area (Å²) in [5.74, 6) is -1.09. The van der Waals surface area contributed by atoms with Crippen LogP contribution in [0.5, 0.6) is 0 Å². The normalized spacial score (nSPS) is 31.2. The maximum atomic E-state index is 12.4. The molecule has 0 aromatic rings. The molecule has 2 atom stereocenters. The standard InChI is InChI=1S/C9H13F3O4/c1-15-7(14)8(4-9(10,11)12)5-16-3-2-6(8)13/h6,13H,2-5H2,1H3. The lowest BCUT2D eigenvalue weighted by Crippen LogP contribution is -2.52. The smallest absolute Gasteiger partial charge is 0.390 e. The lowest BCUT2D eigenvalue weighted by molar-refractivity contribution is -0.214. The number of halogens is 3. The van der Waals surface area contributed by atoms with Gasteiger partial charge in [0.15, 0.2) is 0 Å². The van der Waals surface area contributed by atoms with Crippen molar-refractivity contribution in [1.82, 2.24) is 0 Å². The largest absolute Gasteiger partial charge is 0.468 e. The Morgan fingerprint density at radius 2 is 2.25 bits per heavy atom. The molecule has 0 radical (unpaired) electrons. The molecule has 0 spiro atoms. The monoisotopic (exact) mass is 242 g/mol. The number of carbonyl (C=O) groups is 1. The van der Waals surface area contributed by atoms with Crippen molar-refractivity contribution in [3.05, 3.63) is 0 Å². The Bertz CT molecular complexity index is 266. The fourth-order valence-corrected chi connectivity index (χ4v) is 1.82. The van der Waals surface area contributed by atoms with Crippen molar-refractivity contribution in [3.8, 4) is 0 Å². The van der Waals surface area contributed by atoms with E-state index in [9.17, 15) is 23.1 Å². The first-order valence-electron chi connectivity index (χ1n) is 4.73. The molecule has 0 aromatic heterocycles. The topological polar surface area (TPSA) is 55.8 Å². The summed E-state index contributed by atoms with van der Waals surface area (Å²) in [7, 11) is 0.988. The maximum Gasteiger partial charge on any atom is 0.390 e. The third-order valence-corrected chi connectivity index (χ3v) is 2.64. The van der Waals surface area contributed by atoms with Gasteiger partial charge >= 0.3 is 12.1 Å². The Labute approximate surface area is 90.3 Å². The molecule has 7 heteroatoms. The second-order valence-corrected chi connectivity index (χ2v) is 3.80. The average Bonchev–Trinajstić information content (AvgIpc) is 2.18. The molecule has 0 aromatic carbocycles. The third kappa shape index (κ3) is 2.65. The number of ether oxygens (including phenoxy) is 2. The summed E-state index contributed by atoms with van der Waals surface area (Å²) in [6, 6.07) is 0. The Morgan fingerprint density at radius 1 is 1.62 bits per heavy atom. The van der Waals surface area contributed by atoms with E-state index in [1.54, 1.807) is 0 Å². The molecule has 94 valence electrons. The summed E-state index contributed by atoms with van der Waals surface area (Å²) in [6.07, 6.45) is -7.40. The van der Waals surface area contributed by atoms with Crippen LogP contribution in [0.1, 0.15) is 12.8 Å². The van der Waals surface area contributed by atoms with Crippen LogP contribution < -0.4 is 0 Å². The zero-order valence-electron chi connectivity index (χ0n) is 8.71. The van der Waals surface area contributed by atoms with Gasteiger partial charge in [0.05, 0.1) is 26.2 Å². The number of hydrogen-bond donors (Lipinski definition) is 1. The van der Waals surface area contributed by atoms with Crippen LogP contribution in [0.3, 0.4) is 0 Å². The van der Waals surface area contributed by atoms with Crippen LogP contribution >= 0.6 is 0 Å². The SMILES string of the molecule is COC(=O)C1(CC(F)(F)F)COCCC1O. The highest BCUT2D eigenvalue weighted by Crippen LogP contribution is 2.40. The summed E-state index contributed by atoms with van der Waals surface area (Å²) < 4.78 is 46.3. The highest BCUT2D eigenvalue weighted by Gasteiger charge is 2.54. The van der Waals surface area contributed by atoms with E-state index < -0.39 is 36.7 Å². The van der Waals surface area contributed by atoms with Gasteiger partial charge in [-0.05, 0) is 6.42 Å². The molecule has 0 amide bonds. The number of hydrogen-bond acceptors (Lipinski definition) is 4. The molecule has 1 fully saturated rings. The molecule has 1 aliphatic rings. The molecule has 1 heterocycles. The van der Waals surface area contributed by atoms with Gasteiger partial charge in [0.2, 0.25) is 0 Å². The van der Waals surface area contributed by atoms with Gasteiger partial charge in [0.1, 0.15) is 5.41 Å². The van der Waals surface area contributed by atoms with Crippen molar-refractivity contribution in [1.29, 1.82) is 0 Å². The van der Waals surface area contributed by atoms with Crippen LogP contribution in [0.15, 0.2) is 0 Å². The fourth-order valence-electron chi connectivity index (χ4n) is 1.82. The predicted octanol–water partition coefficient (Wildman–Crippen LogP) is 0.879. The van der Waals surface area contributed by atoms with Crippen molar-refractivity contribution in [3.63, 3.8) is 0 Å². The predicted molar refractivity (Wildman–Crippen MR) is 46.6 cm³/mol. The molecular formula is C9H13F3O4. The number of alkyl halides is 3. The van der Waals surface area contributed by atoms with Crippen molar-refractivity contribution in [2.24, 2.45) is 5.41 Å². The minimum atomic E-state index is -4.56. The van der Waals surface area contributed by atoms with E-state index in [0.717, 1.165) is 7.11 Å². The summed E-state index contributed by atoms with van der Waals surface area (Å²) in [5, 5.41) is 9.60. The van der Waals surface area contributed by atoms with Gasteiger partial charge in [-0.2, -0.15) is 13.2 Å². The van der Waals surface area contributed by atoms with E-state index >= 15 is 0 Å². The second kappa shape index (κ2) is 4.58. The first-order chi connectivity index (χ1) is 7.32. The Hall–Kier alpha value is -0.820. The van der Waals surface area contributed by atoms with Crippen molar-refractivity contribution >= 4 is 5.97 Å². The Morgan fingerprint density at radius 3 is 2.69 bits per heavy atom. The van der Waals surface area contributed by atoms with Gasteiger partial charge < -0.3 is 14.6 Å². The van der Waals surface area contributed by atoms with Crippen LogP contribution in [0.2, 0.25) is 0 Å². The van der Waals surface area contributed by atoms with Gasteiger partial charge in [-0.1, -0.05) is 0 Å². The number of methoxy groups -OCH3 is 1. The molecule has 1 N–H and O–H groups in total. The quantitative estimate of drug-likeness (QED) is 0.730. The van der Waals surface area contributed by atoms with Gasteiger partial charge in [-0.25, -0.2) is 0 Å². The maximum absolute atomic E-state index is 12.4. The van der Waals surface area contributed by atoms with Crippen molar-refractivity contribution in [2.45, 2.75) is 25.1 Å². The molecular weight excluding hydrogens is 229 g/mol. The Balaban J connectivity index is 2.95. The van der Waals surface area contributed by atoms with Crippen LogP contribution in [0.25, 0.3) is 0 Å². The zero-order valence-corrected chi connectivity index (χ0v) is 8.71. The summed E-state index contributed by atoms with van der Waals surface area (Å²) in [5.41, 5.74) is -2.02. The first kappa shape index (κ1) is 13.2. The van der Waals surface area contributed by atoms with E-state index in [1.807, 2.05) is 0 Å². The number of esters is 1. The molecule has 1 rings (SSSR count). The molecule has 1 saturated heterocycles. The minimum absolute atomic E-state index is 0.00875. The minimum Gasteiger partial charge on any atom is -0.468 e. The van der Waals surface area contributed by atoms with E-state index in [-0.39, 0.29) is 13.0 Å². The molecule has 0 aliphatic carbocycles. The fraction of sp³-hybridized carbons (Fsp3) is 0.889. The van der Waals surface area contributed by atoms with Gasteiger partial charge in [0.25, 0.3) is 0 Å². The van der Waals surface area contributed by atoms with E-state index in [0.29, 0.717) is 0 Å². The molecule has 16 heavy (non-hydrogen) atoms. The number of aliphatic hydroxyl groups is 1. The van der Waals surface area contributed by atoms with Crippen LogP contribution in [0.4, 0.5) is 13.2 Å². The van der Waals surface area contributed by atoms with Gasteiger partial charge in [-0.15, -0.1) is 0 Å².